The number of amides is 1. The molecular formula is C14H19BrN2O. The molecule has 0 unspecified atom stereocenters. The Bertz CT molecular complexity index is 461. The maximum Gasteiger partial charge on any atom is 0.255 e. The van der Waals surface area contributed by atoms with Gasteiger partial charge in [-0.1, -0.05) is 29.8 Å². The van der Waals surface area contributed by atoms with Gasteiger partial charge in [0.25, 0.3) is 5.91 Å². The van der Waals surface area contributed by atoms with Crippen LogP contribution in [0.2, 0.25) is 0 Å². The molecule has 4 heteroatoms. The van der Waals surface area contributed by atoms with Gasteiger partial charge in [-0.25, -0.2) is 0 Å². The molecule has 1 amide bonds. The van der Waals surface area contributed by atoms with Crippen LogP contribution in [-0.2, 0) is 0 Å². The van der Waals surface area contributed by atoms with E-state index in [4.69, 9.17) is 5.73 Å². The fraction of sp³-hybridized carbons (Fsp3) is 0.500. The van der Waals surface area contributed by atoms with Crippen molar-refractivity contribution >= 4 is 27.5 Å². The first-order valence-electron chi connectivity index (χ1n) is 6.23. The van der Waals surface area contributed by atoms with E-state index < -0.39 is 0 Å². The van der Waals surface area contributed by atoms with Gasteiger partial charge < -0.3 is 10.6 Å². The molecule has 0 spiro atoms. The number of piperidine rings is 1. The molecule has 3 nitrogen and oxygen atoms in total. The lowest BCUT2D eigenvalue weighted by Gasteiger charge is -2.37. The maximum absolute atomic E-state index is 12.4. The summed E-state index contributed by atoms with van der Waals surface area (Å²) in [7, 11) is 0. The number of rotatable bonds is 1. The quantitative estimate of drug-likeness (QED) is 0.809. The number of carbonyl (C=O) groups is 1. The number of hydrogen-bond donors (Lipinski definition) is 1. The van der Waals surface area contributed by atoms with E-state index in [1.807, 2.05) is 11.0 Å². The molecule has 0 aromatic heterocycles. The van der Waals surface area contributed by atoms with Crippen LogP contribution in [-0.4, -0.2) is 23.9 Å². The predicted octanol–water partition coefficient (Wildman–Crippen LogP) is 3.29. The van der Waals surface area contributed by atoms with Gasteiger partial charge in [0.1, 0.15) is 0 Å². The third kappa shape index (κ3) is 2.86. The molecule has 0 bridgehead atoms. The Balaban J connectivity index is 2.13. The third-order valence-corrected chi connectivity index (χ3v) is 4.14. The van der Waals surface area contributed by atoms with Crippen molar-refractivity contribution in [1.29, 1.82) is 0 Å². The van der Waals surface area contributed by atoms with Crippen LogP contribution in [0.5, 0.6) is 0 Å². The third-order valence-electron chi connectivity index (χ3n) is 3.65. The molecule has 1 heterocycles. The summed E-state index contributed by atoms with van der Waals surface area (Å²) in [6.07, 6.45) is 2.10. The van der Waals surface area contributed by atoms with Crippen molar-refractivity contribution in [3.63, 3.8) is 0 Å². The van der Waals surface area contributed by atoms with Crippen LogP contribution < -0.4 is 5.73 Å². The first-order chi connectivity index (χ1) is 8.39. The summed E-state index contributed by atoms with van der Waals surface area (Å²) >= 11 is 3.35. The van der Waals surface area contributed by atoms with E-state index >= 15 is 0 Å². The molecule has 1 fully saturated rings. The highest BCUT2D eigenvalue weighted by Gasteiger charge is 2.28. The minimum atomic E-state index is 0.0514. The van der Waals surface area contributed by atoms with E-state index in [1.165, 1.54) is 0 Å². The minimum absolute atomic E-state index is 0.0514. The highest BCUT2D eigenvalue weighted by Crippen LogP contribution is 2.31. The summed E-state index contributed by atoms with van der Waals surface area (Å²) < 4.78 is 0.899. The molecule has 2 rings (SSSR count). The second-order valence-electron chi connectivity index (χ2n) is 5.69. The summed E-state index contributed by atoms with van der Waals surface area (Å²) in [6, 6.07) is 5.43. The number of nitrogen functional groups attached to an aromatic ring is 1. The van der Waals surface area contributed by atoms with Gasteiger partial charge >= 0.3 is 0 Å². The molecular weight excluding hydrogens is 292 g/mol. The van der Waals surface area contributed by atoms with E-state index in [0.29, 0.717) is 16.7 Å². The van der Waals surface area contributed by atoms with E-state index in [9.17, 15) is 4.79 Å². The van der Waals surface area contributed by atoms with Crippen LogP contribution in [0.25, 0.3) is 0 Å². The molecule has 1 saturated heterocycles. The van der Waals surface area contributed by atoms with Gasteiger partial charge in [0, 0.05) is 23.2 Å². The summed E-state index contributed by atoms with van der Waals surface area (Å²) in [5.41, 5.74) is 7.40. The summed E-state index contributed by atoms with van der Waals surface area (Å²) in [6.45, 7) is 6.15. The first kappa shape index (κ1) is 13.4. The smallest absolute Gasteiger partial charge is 0.255 e. The second kappa shape index (κ2) is 4.92. The molecule has 0 saturated carbocycles. The van der Waals surface area contributed by atoms with Gasteiger partial charge in [0.2, 0.25) is 0 Å². The normalized spacial score (nSPS) is 18.7. The van der Waals surface area contributed by atoms with Crippen molar-refractivity contribution in [2.24, 2.45) is 5.41 Å². The number of nitrogens with zero attached hydrogens (tertiary/aromatic N) is 1. The van der Waals surface area contributed by atoms with Crippen LogP contribution in [0.1, 0.15) is 37.0 Å². The molecule has 1 aromatic rings. The lowest BCUT2D eigenvalue weighted by molar-refractivity contribution is 0.0631. The largest absolute Gasteiger partial charge is 0.398 e. The monoisotopic (exact) mass is 310 g/mol. The Morgan fingerprint density at radius 3 is 2.50 bits per heavy atom. The number of halogens is 1. The first-order valence-corrected chi connectivity index (χ1v) is 7.03. The zero-order valence-corrected chi connectivity index (χ0v) is 12.5. The molecule has 0 aliphatic carbocycles. The predicted molar refractivity (Wildman–Crippen MR) is 77.5 cm³/mol. The SMILES string of the molecule is CC1(C)CCN(C(=O)c2ccc(Br)cc2N)CC1. The topological polar surface area (TPSA) is 46.3 Å². The molecule has 98 valence electrons. The van der Waals surface area contributed by atoms with Gasteiger partial charge in [-0.15, -0.1) is 0 Å². The number of likely N-dealkylation sites (tertiary alicyclic amines) is 1. The van der Waals surface area contributed by atoms with Crippen molar-refractivity contribution in [2.75, 3.05) is 18.8 Å². The van der Waals surface area contributed by atoms with E-state index in [2.05, 4.69) is 29.8 Å². The molecule has 1 aliphatic heterocycles. The minimum Gasteiger partial charge on any atom is -0.398 e. The van der Waals surface area contributed by atoms with Crippen LogP contribution in [0, 0.1) is 5.41 Å². The molecule has 0 radical (unpaired) electrons. The van der Waals surface area contributed by atoms with E-state index in [0.717, 1.165) is 30.4 Å². The van der Waals surface area contributed by atoms with Crippen LogP contribution in [0.15, 0.2) is 22.7 Å². The lowest BCUT2D eigenvalue weighted by Crippen LogP contribution is -2.41. The fourth-order valence-corrected chi connectivity index (χ4v) is 2.59. The average Bonchev–Trinajstić information content (AvgIpc) is 2.28. The van der Waals surface area contributed by atoms with Crippen LogP contribution in [0.4, 0.5) is 5.69 Å². The Morgan fingerprint density at radius 1 is 1.33 bits per heavy atom. The van der Waals surface area contributed by atoms with Gasteiger partial charge in [-0.3, -0.25) is 4.79 Å². The molecule has 1 aliphatic rings. The highest BCUT2D eigenvalue weighted by atomic mass is 79.9. The zero-order chi connectivity index (χ0) is 13.3. The van der Waals surface area contributed by atoms with Crippen LogP contribution >= 0.6 is 15.9 Å². The number of anilines is 1. The van der Waals surface area contributed by atoms with E-state index in [-0.39, 0.29) is 5.91 Å². The van der Waals surface area contributed by atoms with Crippen molar-refractivity contribution in [2.45, 2.75) is 26.7 Å². The second-order valence-corrected chi connectivity index (χ2v) is 6.60. The molecule has 0 atom stereocenters. The van der Waals surface area contributed by atoms with E-state index in [1.54, 1.807) is 12.1 Å². The Hall–Kier alpha value is -1.03. The molecule has 18 heavy (non-hydrogen) atoms. The summed E-state index contributed by atoms with van der Waals surface area (Å²) in [4.78, 5) is 14.3. The lowest BCUT2D eigenvalue weighted by atomic mass is 9.82. The molecule has 1 aromatic carbocycles. The summed E-state index contributed by atoms with van der Waals surface area (Å²) in [5, 5.41) is 0. The van der Waals surface area contributed by atoms with Crippen LogP contribution in [0.3, 0.4) is 0 Å². The van der Waals surface area contributed by atoms with Crippen molar-refractivity contribution in [3.8, 4) is 0 Å². The standard InChI is InChI=1S/C14H19BrN2O/c1-14(2)5-7-17(8-6-14)13(18)11-4-3-10(15)9-12(11)16/h3-4,9H,5-8,16H2,1-2H3. The number of hydrogen-bond acceptors (Lipinski definition) is 2. The Kier molecular flexibility index (Phi) is 3.66. The van der Waals surface area contributed by atoms with Gasteiger partial charge in [-0.2, -0.15) is 0 Å². The average molecular weight is 311 g/mol. The van der Waals surface area contributed by atoms with Crippen molar-refractivity contribution < 1.29 is 4.79 Å². The number of carbonyl (C=O) groups excluding carboxylic acids is 1. The Labute approximate surface area is 116 Å². The van der Waals surface area contributed by atoms with Crippen molar-refractivity contribution in [3.05, 3.63) is 28.2 Å². The Morgan fingerprint density at radius 2 is 1.94 bits per heavy atom. The van der Waals surface area contributed by atoms with Gasteiger partial charge in [0.05, 0.1) is 5.56 Å². The summed E-state index contributed by atoms with van der Waals surface area (Å²) in [5.74, 6) is 0.0514. The van der Waals surface area contributed by atoms with Crippen molar-refractivity contribution in [1.82, 2.24) is 4.90 Å². The van der Waals surface area contributed by atoms with Gasteiger partial charge in [0.15, 0.2) is 0 Å². The highest BCUT2D eigenvalue weighted by molar-refractivity contribution is 9.10. The number of nitrogens with two attached hydrogens (primary N) is 1. The fourth-order valence-electron chi connectivity index (χ4n) is 2.21. The number of benzene rings is 1. The molecule has 2 N–H and O–H groups in total. The maximum atomic E-state index is 12.4. The van der Waals surface area contributed by atoms with Gasteiger partial charge in [-0.05, 0) is 36.5 Å². The zero-order valence-electron chi connectivity index (χ0n) is 10.9.